The van der Waals surface area contributed by atoms with Gasteiger partial charge in [0.1, 0.15) is 12.4 Å². The third-order valence-corrected chi connectivity index (χ3v) is 5.25. The highest BCUT2D eigenvalue weighted by Crippen LogP contribution is 2.32. The SMILES string of the molecule is COC(=O)Cn1c(=NC(=O)Cc2ccc3c(c2)OCO3)sc2cc(F)cc(F)c21. The van der Waals surface area contributed by atoms with E-state index in [9.17, 15) is 18.4 Å². The summed E-state index contributed by atoms with van der Waals surface area (Å²) in [5.41, 5.74) is 0.636. The number of fused-ring (bicyclic) bond motifs is 2. The number of hydrogen-bond acceptors (Lipinski definition) is 6. The Kier molecular flexibility index (Phi) is 5.01. The summed E-state index contributed by atoms with van der Waals surface area (Å²) in [6.07, 6.45) is -0.0417. The number of amides is 1. The van der Waals surface area contributed by atoms with Crippen molar-refractivity contribution in [1.82, 2.24) is 4.57 Å². The number of thiazole rings is 1. The lowest BCUT2D eigenvalue weighted by atomic mass is 10.1. The number of hydrogen-bond donors (Lipinski definition) is 0. The summed E-state index contributed by atoms with van der Waals surface area (Å²) in [7, 11) is 1.19. The number of nitrogens with zero attached hydrogens (tertiary/aromatic N) is 2. The van der Waals surface area contributed by atoms with Crippen LogP contribution >= 0.6 is 11.3 Å². The number of benzene rings is 2. The first-order valence-electron chi connectivity index (χ1n) is 8.46. The number of carbonyl (C=O) groups is 2. The van der Waals surface area contributed by atoms with E-state index >= 15 is 0 Å². The molecular weight excluding hydrogens is 406 g/mol. The van der Waals surface area contributed by atoms with Crippen LogP contribution in [0.1, 0.15) is 5.56 Å². The summed E-state index contributed by atoms with van der Waals surface area (Å²) in [5, 5.41) is 0. The molecule has 150 valence electrons. The highest BCUT2D eigenvalue weighted by atomic mass is 32.1. The van der Waals surface area contributed by atoms with E-state index in [0.29, 0.717) is 23.1 Å². The van der Waals surface area contributed by atoms with Crippen LogP contribution in [0, 0.1) is 11.6 Å². The van der Waals surface area contributed by atoms with Crippen molar-refractivity contribution in [3.8, 4) is 11.5 Å². The van der Waals surface area contributed by atoms with E-state index in [1.54, 1.807) is 18.2 Å². The molecule has 7 nitrogen and oxygen atoms in total. The van der Waals surface area contributed by atoms with E-state index in [2.05, 4.69) is 9.73 Å². The molecule has 3 aromatic rings. The summed E-state index contributed by atoms with van der Waals surface area (Å²) in [6.45, 7) is -0.246. The number of carbonyl (C=O) groups excluding carboxylic acids is 2. The van der Waals surface area contributed by atoms with Crippen LogP contribution in [0.3, 0.4) is 0 Å². The second-order valence-electron chi connectivity index (χ2n) is 6.15. The molecular formula is C19H14F2N2O5S. The third kappa shape index (κ3) is 3.83. The lowest BCUT2D eigenvalue weighted by molar-refractivity contribution is -0.141. The Morgan fingerprint density at radius 2 is 2.00 bits per heavy atom. The summed E-state index contributed by atoms with van der Waals surface area (Å²) in [5.74, 6) is -1.66. The first-order chi connectivity index (χ1) is 13.9. The van der Waals surface area contributed by atoms with Gasteiger partial charge in [0.2, 0.25) is 6.79 Å². The van der Waals surface area contributed by atoms with Gasteiger partial charge >= 0.3 is 5.97 Å². The van der Waals surface area contributed by atoms with E-state index < -0.39 is 23.5 Å². The van der Waals surface area contributed by atoms with Gasteiger partial charge in [0.15, 0.2) is 22.1 Å². The molecule has 0 atom stereocenters. The van der Waals surface area contributed by atoms with Crippen LogP contribution in [-0.2, 0) is 27.3 Å². The minimum Gasteiger partial charge on any atom is -0.468 e. The van der Waals surface area contributed by atoms with Crippen molar-refractivity contribution in [3.05, 3.63) is 52.3 Å². The molecule has 4 rings (SSSR count). The second kappa shape index (κ2) is 7.63. The molecule has 0 spiro atoms. The molecule has 2 heterocycles. The van der Waals surface area contributed by atoms with Crippen molar-refractivity contribution in [3.63, 3.8) is 0 Å². The largest absolute Gasteiger partial charge is 0.468 e. The number of esters is 1. The van der Waals surface area contributed by atoms with Crippen molar-refractivity contribution in [1.29, 1.82) is 0 Å². The number of aromatic nitrogens is 1. The Hall–Kier alpha value is -3.27. The maximum Gasteiger partial charge on any atom is 0.325 e. The fourth-order valence-corrected chi connectivity index (χ4v) is 4.01. The zero-order valence-electron chi connectivity index (χ0n) is 15.1. The van der Waals surface area contributed by atoms with Crippen molar-refractivity contribution >= 4 is 33.4 Å². The van der Waals surface area contributed by atoms with E-state index in [4.69, 9.17) is 9.47 Å². The summed E-state index contributed by atoms with van der Waals surface area (Å²) >= 11 is 0.907. The average Bonchev–Trinajstić information content (AvgIpc) is 3.25. The summed E-state index contributed by atoms with van der Waals surface area (Å²) in [4.78, 5) is 28.3. The zero-order valence-corrected chi connectivity index (χ0v) is 15.9. The second-order valence-corrected chi connectivity index (χ2v) is 7.16. The Morgan fingerprint density at radius 3 is 2.79 bits per heavy atom. The van der Waals surface area contributed by atoms with Gasteiger partial charge < -0.3 is 18.8 Å². The molecule has 10 heteroatoms. The Bertz CT molecular complexity index is 1200. The van der Waals surface area contributed by atoms with Gasteiger partial charge in [0.05, 0.1) is 23.7 Å². The van der Waals surface area contributed by atoms with Crippen LogP contribution in [0.15, 0.2) is 35.3 Å². The highest BCUT2D eigenvalue weighted by Gasteiger charge is 2.17. The van der Waals surface area contributed by atoms with Gasteiger partial charge in [0.25, 0.3) is 5.91 Å². The van der Waals surface area contributed by atoms with Crippen LogP contribution in [0.5, 0.6) is 11.5 Å². The Morgan fingerprint density at radius 1 is 1.21 bits per heavy atom. The lowest BCUT2D eigenvalue weighted by Crippen LogP contribution is -2.23. The maximum atomic E-state index is 14.3. The standard InChI is InChI=1S/C19H14F2N2O5S/c1-26-17(25)8-23-18-12(21)6-11(20)7-15(18)29-19(23)22-16(24)5-10-2-3-13-14(4-10)28-9-27-13/h2-4,6-7H,5,8-9H2,1H3. The first kappa shape index (κ1) is 19.1. The van der Waals surface area contributed by atoms with Crippen molar-refractivity contribution in [2.45, 2.75) is 13.0 Å². The normalized spacial score (nSPS) is 13.1. The molecule has 1 aliphatic heterocycles. The van der Waals surface area contributed by atoms with Crippen molar-refractivity contribution in [2.24, 2.45) is 4.99 Å². The number of halogens is 2. The predicted octanol–water partition coefficient (Wildman–Crippen LogP) is 2.55. The van der Waals surface area contributed by atoms with Gasteiger partial charge in [-0.3, -0.25) is 9.59 Å². The molecule has 1 aliphatic rings. The molecule has 0 bridgehead atoms. The van der Waals surface area contributed by atoms with Crippen molar-refractivity contribution < 1.29 is 32.6 Å². The molecule has 1 aromatic heterocycles. The third-order valence-electron chi connectivity index (χ3n) is 4.22. The average molecular weight is 420 g/mol. The fourth-order valence-electron chi connectivity index (χ4n) is 2.93. The number of rotatable bonds is 4. The van der Waals surface area contributed by atoms with Gasteiger partial charge in [-0.05, 0) is 23.8 Å². The minimum atomic E-state index is -0.857. The molecule has 0 fully saturated rings. The molecule has 0 radical (unpaired) electrons. The Balaban J connectivity index is 1.72. The monoisotopic (exact) mass is 420 g/mol. The molecule has 0 N–H and O–H groups in total. The van der Waals surface area contributed by atoms with Gasteiger partial charge in [-0.25, -0.2) is 8.78 Å². The number of methoxy groups -OCH3 is 1. The predicted molar refractivity (Wildman–Crippen MR) is 98.6 cm³/mol. The van der Waals surface area contributed by atoms with Gasteiger partial charge in [-0.1, -0.05) is 17.4 Å². The van der Waals surface area contributed by atoms with Crippen molar-refractivity contribution in [2.75, 3.05) is 13.9 Å². The van der Waals surface area contributed by atoms with Crippen LogP contribution in [0.25, 0.3) is 10.2 Å². The molecule has 0 saturated carbocycles. The van der Waals surface area contributed by atoms with Crippen LogP contribution in [-0.4, -0.2) is 30.3 Å². The first-order valence-corrected chi connectivity index (χ1v) is 9.27. The van der Waals surface area contributed by atoms with E-state index in [-0.39, 0.29) is 34.8 Å². The molecule has 2 aromatic carbocycles. The zero-order chi connectivity index (χ0) is 20.5. The van der Waals surface area contributed by atoms with Gasteiger partial charge in [-0.15, -0.1) is 0 Å². The lowest BCUT2D eigenvalue weighted by Gasteiger charge is -2.04. The van der Waals surface area contributed by atoms with Crippen LogP contribution in [0.2, 0.25) is 0 Å². The highest BCUT2D eigenvalue weighted by molar-refractivity contribution is 7.16. The minimum absolute atomic E-state index is 0.0172. The van der Waals surface area contributed by atoms with E-state index in [0.717, 1.165) is 17.4 Å². The molecule has 0 saturated heterocycles. The van der Waals surface area contributed by atoms with Gasteiger partial charge in [0, 0.05) is 6.07 Å². The van der Waals surface area contributed by atoms with E-state index in [1.165, 1.54) is 11.7 Å². The fraction of sp³-hybridized carbons (Fsp3) is 0.211. The summed E-state index contributed by atoms with van der Waals surface area (Å²) in [6, 6.07) is 6.92. The smallest absolute Gasteiger partial charge is 0.325 e. The molecule has 1 amide bonds. The summed E-state index contributed by atoms with van der Waals surface area (Å²) < 4.78 is 44.5. The Labute approximate surface area is 166 Å². The number of ether oxygens (including phenoxy) is 3. The van der Waals surface area contributed by atoms with E-state index in [1.807, 2.05) is 0 Å². The van der Waals surface area contributed by atoms with Crippen LogP contribution in [0.4, 0.5) is 8.78 Å². The van der Waals surface area contributed by atoms with Crippen LogP contribution < -0.4 is 14.3 Å². The van der Waals surface area contributed by atoms with Gasteiger partial charge in [-0.2, -0.15) is 4.99 Å². The molecule has 29 heavy (non-hydrogen) atoms. The molecule has 0 unspecified atom stereocenters. The maximum absolute atomic E-state index is 14.3. The quantitative estimate of drug-likeness (QED) is 0.606. The molecule has 0 aliphatic carbocycles. The topological polar surface area (TPSA) is 79.1 Å².